The molecule has 0 aromatic heterocycles. The van der Waals surface area contributed by atoms with Crippen LogP contribution >= 0.6 is 0 Å². The van der Waals surface area contributed by atoms with Gasteiger partial charge in [0, 0.05) is 19.3 Å². The minimum absolute atomic E-state index is 0.0261. The summed E-state index contributed by atoms with van der Waals surface area (Å²) in [6.45, 7) is 3.72. The van der Waals surface area contributed by atoms with Crippen LogP contribution in [0.4, 0.5) is 0 Å². The maximum absolute atomic E-state index is 13.5. The molecule has 2 rings (SSSR count). The smallest absolute Gasteiger partial charge is 0.303 e. The molecule has 4 atom stereocenters. The SMILES string of the molecule is CC(C)C[C@H](NC(=O)[C@H](Cc1ccccc1)NC(=O)[C@@H](N)CCC(=O)O)C(=O)N[C@@H](Cc1ccc(O)cc1)C(N)=O. The summed E-state index contributed by atoms with van der Waals surface area (Å²) in [4.78, 5) is 62.5. The normalized spacial score (nSPS) is 13.9. The van der Waals surface area contributed by atoms with Crippen molar-refractivity contribution in [2.75, 3.05) is 0 Å². The highest BCUT2D eigenvalue weighted by molar-refractivity contribution is 5.94. The zero-order valence-electron chi connectivity index (χ0n) is 23.2. The van der Waals surface area contributed by atoms with Crippen LogP contribution in [-0.4, -0.2) is 64.0 Å². The third-order valence-electron chi connectivity index (χ3n) is 6.30. The first kappa shape index (κ1) is 32.8. The highest BCUT2D eigenvalue weighted by Crippen LogP contribution is 2.13. The number of carboxylic acids is 1. The van der Waals surface area contributed by atoms with Gasteiger partial charge in [0.1, 0.15) is 23.9 Å². The van der Waals surface area contributed by atoms with Crippen molar-refractivity contribution in [3.63, 3.8) is 0 Å². The van der Waals surface area contributed by atoms with Crippen LogP contribution in [0.2, 0.25) is 0 Å². The van der Waals surface area contributed by atoms with E-state index in [9.17, 15) is 29.1 Å². The summed E-state index contributed by atoms with van der Waals surface area (Å²) >= 11 is 0. The van der Waals surface area contributed by atoms with Gasteiger partial charge in [0.2, 0.25) is 23.6 Å². The lowest BCUT2D eigenvalue weighted by Crippen LogP contribution is -2.58. The lowest BCUT2D eigenvalue weighted by Gasteiger charge is -2.26. The summed E-state index contributed by atoms with van der Waals surface area (Å²) in [5.74, 6) is -3.83. The van der Waals surface area contributed by atoms with Crippen LogP contribution < -0.4 is 27.4 Å². The summed E-state index contributed by atoms with van der Waals surface area (Å²) in [5.41, 5.74) is 12.8. The third-order valence-corrected chi connectivity index (χ3v) is 6.30. The van der Waals surface area contributed by atoms with E-state index in [2.05, 4.69) is 16.0 Å². The fourth-order valence-corrected chi connectivity index (χ4v) is 4.09. The van der Waals surface area contributed by atoms with Gasteiger partial charge in [0.25, 0.3) is 0 Å². The van der Waals surface area contributed by atoms with Crippen LogP contribution in [0.5, 0.6) is 5.75 Å². The number of amides is 4. The second-order valence-electron chi connectivity index (χ2n) is 10.3. The largest absolute Gasteiger partial charge is 0.508 e. The van der Waals surface area contributed by atoms with E-state index in [1.807, 2.05) is 13.8 Å². The Labute approximate surface area is 238 Å². The Morgan fingerprint density at radius 1 is 0.756 bits per heavy atom. The predicted octanol–water partition coefficient (Wildman–Crippen LogP) is 0.355. The molecule has 12 heteroatoms. The van der Waals surface area contributed by atoms with Crippen molar-refractivity contribution in [2.45, 2.75) is 70.1 Å². The number of carbonyl (C=O) groups is 5. The molecule has 12 nitrogen and oxygen atoms in total. The molecule has 2 aromatic rings. The maximum Gasteiger partial charge on any atom is 0.303 e. The van der Waals surface area contributed by atoms with E-state index in [1.165, 1.54) is 12.1 Å². The van der Waals surface area contributed by atoms with Gasteiger partial charge in [-0.25, -0.2) is 0 Å². The molecule has 9 N–H and O–H groups in total. The summed E-state index contributed by atoms with van der Waals surface area (Å²) in [7, 11) is 0. The number of nitrogens with two attached hydrogens (primary N) is 2. The van der Waals surface area contributed by atoms with Gasteiger partial charge < -0.3 is 37.6 Å². The zero-order valence-corrected chi connectivity index (χ0v) is 23.2. The van der Waals surface area contributed by atoms with Crippen molar-refractivity contribution in [1.82, 2.24) is 16.0 Å². The monoisotopic (exact) mass is 569 g/mol. The van der Waals surface area contributed by atoms with Crippen molar-refractivity contribution >= 4 is 29.6 Å². The minimum Gasteiger partial charge on any atom is -0.508 e. The summed E-state index contributed by atoms with van der Waals surface area (Å²) in [6.07, 6.45) is -0.0391. The lowest BCUT2D eigenvalue weighted by molar-refractivity contribution is -0.137. The van der Waals surface area contributed by atoms with Gasteiger partial charge in [0.15, 0.2) is 0 Å². The second kappa shape index (κ2) is 16.0. The topological polar surface area (TPSA) is 214 Å². The number of phenolic OH excluding ortho intramolecular Hbond substituents is 1. The minimum atomic E-state index is -1.15. The van der Waals surface area contributed by atoms with Crippen LogP contribution in [0, 0.1) is 5.92 Å². The molecule has 2 aromatic carbocycles. The number of carboxylic acid groups (broad SMARTS) is 1. The zero-order chi connectivity index (χ0) is 30.5. The molecule has 41 heavy (non-hydrogen) atoms. The average Bonchev–Trinajstić information content (AvgIpc) is 2.91. The number of nitrogens with one attached hydrogen (secondary N) is 3. The van der Waals surface area contributed by atoms with Crippen LogP contribution in [-0.2, 0) is 36.8 Å². The van der Waals surface area contributed by atoms with Crippen molar-refractivity contribution in [3.8, 4) is 5.75 Å². The first-order valence-electron chi connectivity index (χ1n) is 13.3. The Morgan fingerprint density at radius 3 is 1.83 bits per heavy atom. The molecule has 0 radical (unpaired) electrons. The Bertz CT molecular complexity index is 1190. The van der Waals surface area contributed by atoms with Gasteiger partial charge in [-0.15, -0.1) is 0 Å². The van der Waals surface area contributed by atoms with Gasteiger partial charge >= 0.3 is 5.97 Å². The van der Waals surface area contributed by atoms with Crippen LogP contribution in [0.3, 0.4) is 0 Å². The Balaban J connectivity index is 2.21. The molecule has 222 valence electrons. The summed E-state index contributed by atoms with van der Waals surface area (Å²) in [5, 5.41) is 26.3. The van der Waals surface area contributed by atoms with Crippen molar-refractivity contribution in [2.24, 2.45) is 17.4 Å². The van der Waals surface area contributed by atoms with E-state index in [0.717, 1.165) is 5.56 Å². The van der Waals surface area contributed by atoms with Gasteiger partial charge in [-0.3, -0.25) is 24.0 Å². The molecule has 0 aliphatic carbocycles. The Hall–Kier alpha value is -4.45. The fraction of sp³-hybridized carbons (Fsp3) is 0.414. The van der Waals surface area contributed by atoms with Crippen molar-refractivity contribution in [3.05, 3.63) is 65.7 Å². The maximum atomic E-state index is 13.5. The number of benzene rings is 2. The van der Waals surface area contributed by atoms with Gasteiger partial charge in [-0.05, 0) is 42.0 Å². The Morgan fingerprint density at radius 2 is 1.27 bits per heavy atom. The number of primary amides is 1. The molecular formula is C29H39N5O7. The molecule has 0 saturated heterocycles. The first-order chi connectivity index (χ1) is 19.3. The summed E-state index contributed by atoms with van der Waals surface area (Å²) in [6, 6.07) is 10.6. The predicted molar refractivity (Wildman–Crippen MR) is 151 cm³/mol. The molecule has 0 heterocycles. The van der Waals surface area contributed by atoms with Gasteiger partial charge in [-0.1, -0.05) is 56.3 Å². The molecule has 0 saturated carbocycles. The number of rotatable bonds is 16. The van der Waals surface area contributed by atoms with E-state index in [4.69, 9.17) is 16.6 Å². The van der Waals surface area contributed by atoms with E-state index in [0.29, 0.717) is 5.56 Å². The molecule has 0 unspecified atom stereocenters. The van der Waals surface area contributed by atoms with E-state index in [-0.39, 0.29) is 43.8 Å². The molecule has 4 amide bonds. The molecule has 0 aliphatic heterocycles. The quantitative estimate of drug-likeness (QED) is 0.149. The fourth-order valence-electron chi connectivity index (χ4n) is 4.09. The number of phenols is 1. The molecule has 0 aliphatic rings. The van der Waals surface area contributed by atoms with E-state index >= 15 is 0 Å². The van der Waals surface area contributed by atoms with Crippen LogP contribution in [0.15, 0.2) is 54.6 Å². The summed E-state index contributed by atoms with van der Waals surface area (Å²) < 4.78 is 0. The number of carbonyl (C=O) groups excluding carboxylic acids is 4. The molecule has 0 spiro atoms. The molecule has 0 fully saturated rings. The average molecular weight is 570 g/mol. The number of hydrogen-bond acceptors (Lipinski definition) is 7. The highest BCUT2D eigenvalue weighted by atomic mass is 16.4. The van der Waals surface area contributed by atoms with Crippen LogP contribution in [0.25, 0.3) is 0 Å². The highest BCUT2D eigenvalue weighted by Gasteiger charge is 2.30. The van der Waals surface area contributed by atoms with Crippen molar-refractivity contribution < 1.29 is 34.2 Å². The van der Waals surface area contributed by atoms with E-state index in [1.54, 1.807) is 42.5 Å². The second-order valence-corrected chi connectivity index (χ2v) is 10.3. The number of hydrogen-bond donors (Lipinski definition) is 7. The van der Waals surface area contributed by atoms with Crippen LogP contribution in [0.1, 0.15) is 44.2 Å². The standard InChI is InChI=1S/C29H39N5O7/c1-17(2)14-23(28(40)32-22(26(31)38)15-19-8-10-20(35)11-9-19)34-29(41)24(16-18-6-4-3-5-7-18)33-27(39)21(30)12-13-25(36)37/h3-11,17,21-24,35H,12-16,30H2,1-2H3,(H2,31,38)(H,32,40)(H,33,39)(H,34,41)(H,36,37)/t21-,22-,23-,24-/m0/s1. The first-order valence-corrected chi connectivity index (χ1v) is 13.3. The molecular weight excluding hydrogens is 530 g/mol. The number of aliphatic carboxylic acids is 1. The van der Waals surface area contributed by atoms with Gasteiger partial charge in [0.05, 0.1) is 6.04 Å². The third kappa shape index (κ3) is 11.7. The number of aromatic hydroxyl groups is 1. The van der Waals surface area contributed by atoms with Gasteiger partial charge in [-0.2, -0.15) is 0 Å². The lowest BCUT2D eigenvalue weighted by atomic mass is 9.99. The van der Waals surface area contributed by atoms with Crippen molar-refractivity contribution in [1.29, 1.82) is 0 Å². The molecule has 0 bridgehead atoms. The van der Waals surface area contributed by atoms with E-state index < -0.39 is 53.8 Å². The Kier molecular flexibility index (Phi) is 12.8.